The van der Waals surface area contributed by atoms with Crippen molar-refractivity contribution in [1.29, 1.82) is 0 Å². The first-order valence-electron chi connectivity index (χ1n) is 5.09. The second-order valence-electron chi connectivity index (χ2n) is 3.54. The van der Waals surface area contributed by atoms with E-state index in [9.17, 15) is 13.6 Å². The van der Waals surface area contributed by atoms with Gasteiger partial charge < -0.3 is 4.74 Å². The van der Waals surface area contributed by atoms with E-state index in [0.717, 1.165) is 11.1 Å². The summed E-state index contributed by atoms with van der Waals surface area (Å²) < 4.78 is 28.3. The van der Waals surface area contributed by atoms with Gasteiger partial charge in [0, 0.05) is 6.42 Å². The average Bonchev–Trinajstić information content (AvgIpc) is 2.18. The van der Waals surface area contributed by atoms with E-state index in [2.05, 4.69) is 4.74 Å². The fraction of sp³-hybridized carbons (Fsp3) is 0.417. The van der Waals surface area contributed by atoms with Crippen LogP contribution >= 0.6 is 0 Å². The number of ether oxygens (including phenoxy) is 1. The number of ketones is 1. The van der Waals surface area contributed by atoms with Crippen LogP contribution in [0.25, 0.3) is 0 Å². The van der Waals surface area contributed by atoms with Gasteiger partial charge in [-0.25, -0.2) is 0 Å². The average molecular weight is 228 g/mol. The Balaban J connectivity index is 2.92. The third kappa shape index (κ3) is 3.61. The first-order chi connectivity index (χ1) is 7.52. The number of alkyl halides is 2. The van der Waals surface area contributed by atoms with Crippen LogP contribution in [0.2, 0.25) is 0 Å². The molecule has 88 valence electrons. The number of carbonyl (C=O) groups is 1. The molecule has 0 atom stereocenters. The molecule has 0 spiro atoms. The molecule has 1 aromatic rings. The zero-order valence-electron chi connectivity index (χ0n) is 9.30. The van der Waals surface area contributed by atoms with Crippen molar-refractivity contribution in [3.8, 4) is 5.75 Å². The molecular formula is C12H14F2O2. The largest absolute Gasteiger partial charge is 0.435 e. The lowest BCUT2D eigenvalue weighted by Gasteiger charge is -2.10. The summed E-state index contributed by atoms with van der Waals surface area (Å²) >= 11 is 0. The molecule has 0 heterocycles. The van der Waals surface area contributed by atoms with Gasteiger partial charge in [0.05, 0.1) is 0 Å². The first-order valence-corrected chi connectivity index (χ1v) is 5.09. The molecule has 16 heavy (non-hydrogen) atoms. The third-order valence-corrected chi connectivity index (χ3v) is 2.22. The van der Waals surface area contributed by atoms with Crippen LogP contribution in [-0.4, -0.2) is 12.4 Å². The second kappa shape index (κ2) is 5.58. The van der Waals surface area contributed by atoms with Crippen molar-refractivity contribution in [3.63, 3.8) is 0 Å². The maximum atomic E-state index is 12.0. The first kappa shape index (κ1) is 12.6. The quantitative estimate of drug-likeness (QED) is 0.774. The molecule has 0 bridgehead atoms. The fourth-order valence-electron chi connectivity index (χ4n) is 1.55. The van der Waals surface area contributed by atoms with Gasteiger partial charge in [0.15, 0.2) is 0 Å². The van der Waals surface area contributed by atoms with E-state index in [1.54, 1.807) is 12.1 Å². The zero-order chi connectivity index (χ0) is 12.1. The molecule has 0 N–H and O–H groups in total. The highest BCUT2D eigenvalue weighted by Gasteiger charge is 2.08. The third-order valence-electron chi connectivity index (χ3n) is 2.22. The monoisotopic (exact) mass is 228 g/mol. The number of hydrogen-bond donors (Lipinski definition) is 0. The van der Waals surface area contributed by atoms with E-state index < -0.39 is 6.61 Å². The Hall–Kier alpha value is -1.45. The summed E-state index contributed by atoms with van der Waals surface area (Å²) in [6.07, 6.45) is 1.02. The van der Waals surface area contributed by atoms with Gasteiger partial charge in [-0.1, -0.05) is 13.0 Å². The number of benzene rings is 1. The van der Waals surface area contributed by atoms with E-state index in [-0.39, 0.29) is 11.5 Å². The van der Waals surface area contributed by atoms with E-state index in [0.29, 0.717) is 12.8 Å². The molecule has 0 saturated carbocycles. The molecule has 1 rings (SSSR count). The predicted molar refractivity (Wildman–Crippen MR) is 56.8 cm³/mol. The molecule has 0 aliphatic rings. The maximum absolute atomic E-state index is 12.0. The van der Waals surface area contributed by atoms with Crippen molar-refractivity contribution in [2.24, 2.45) is 0 Å². The van der Waals surface area contributed by atoms with Gasteiger partial charge in [-0.15, -0.1) is 0 Å². The van der Waals surface area contributed by atoms with E-state index in [1.165, 1.54) is 13.0 Å². The van der Waals surface area contributed by atoms with Crippen molar-refractivity contribution >= 4 is 5.78 Å². The number of hydrogen-bond acceptors (Lipinski definition) is 2. The smallest absolute Gasteiger partial charge is 0.387 e. The van der Waals surface area contributed by atoms with Crippen LogP contribution in [0.5, 0.6) is 5.75 Å². The van der Waals surface area contributed by atoms with Crippen LogP contribution < -0.4 is 4.74 Å². The molecule has 0 amide bonds. The minimum absolute atomic E-state index is 0.0530. The minimum Gasteiger partial charge on any atom is -0.435 e. The number of Topliss-reactive ketones (excluding diaryl/α,β-unsaturated/α-hetero) is 1. The van der Waals surface area contributed by atoms with Gasteiger partial charge in [-0.05, 0) is 36.6 Å². The molecule has 0 aromatic heterocycles. The van der Waals surface area contributed by atoms with Crippen molar-refractivity contribution in [3.05, 3.63) is 29.3 Å². The Morgan fingerprint density at radius 2 is 2.06 bits per heavy atom. The lowest BCUT2D eigenvalue weighted by atomic mass is 10.0. The Morgan fingerprint density at radius 3 is 2.56 bits per heavy atom. The van der Waals surface area contributed by atoms with Gasteiger partial charge in [-0.2, -0.15) is 8.78 Å². The highest BCUT2D eigenvalue weighted by Crippen LogP contribution is 2.20. The molecule has 1 aromatic carbocycles. The molecule has 2 nitrogen and oxygen atoms in total. The van der Waals surface area contributed by atoms with Crippen molar-refractivity contribution < 1.29 is 18.3 Å². The number of carbonyl (C=O) groups excluding carboxylic acids is 1. The second-order valence-corrected chi connectivity index (χ2v) is 3.54. The Morgan fingerprint density at radius 1 is 1.38 bits per heavy atom. The standard InChI is InChI=1S/C12H14F2O2/c1-3-9-7-11(16-12(13)14)5-4-10(9)6-8(2)15/h4-5,7,12H,3,6H2,1-2H3. The summed E-state index contributed by atoms with van der Waals surface area (Å²) in [6.45, 7) is 0.595. The zero-order valence-corrected chi connectivity index (χ0v) is 9.30. The Kier molecular flexibility index (Phi) is 4.40. The van der Waals surface area contributed by atoms with Crippen LogP contribution in [-0.2, 0) is 17.6 Å². The molecule has 0 aliphatic carbocycles. The lowest BCUT2D eigenvalue weighted by molar-refractivity contribution is -0.116. The normalized spacial score (nSPS) is 10.6. The van der Waals surface area contributed by atoms with Crippen molar-refractivity contribution in [1.82, 2.24) is 0 Å². The molecule has 0 unspecified atom stereocenters. The molecule has 0 fully saturated rings. The molecule has 0 saturated heterocycles. The van der Waals surface area contributed by atoms with Crippen molar-refractivity contribution in [2.75, 3.05) is 0 Å². The topological polar surface area (TPSA) is 26.3 Å². The van der Waals surface area contributed by atoms with Crippen LogP contribution in [0.1, 0.15) is 25.0 Å². The van der Waals surface area contributed by atoms with E-state index in [1.807, 2.05) is 6.92 Å². The number of halogens is 2. The summed E-state index contributed by atoms with van der Waals surface area (Å²) in [5, 5.41) is 0. The van der Waals surface area contributed by atoms with Crippen LogP contribution in [0.4, 0.5) is 8.78 Å². The van der Waals surface area contributed by atoms with Gasteiger partial charge in [0.1, 0.15) is 11.5 Å². The molecule has 0 radical (unpaired) electrons. The van der Waals surface area contributed by atoms with Crippen LogP contribution in [0.15, 0.2) is 18.2 Å². The van der Waals surface area contributed by atoms with Gasteiger partial charge in [0.2, 0.25) is 0 Å². The molecular weight excluding hydrogens is 214 g/mol. The summed E-state index contributed by atoms with van der Waals surface area (Å²) in [4.78, 5) is 11.0. The molecule has 4 heteroatoms. The molecule has 0 aliphatic heterocycles. The maximum Gasteiger partial charge on any atom is 0.387 e. The van der Waals surface area contributed by atoms with Gasteiger partial charge >= 0.3 is 6.61 Å². The highest BCUT2D eigenvalue weighted by atomic mass is 19.3. The van der Waals surface area contributed by atoms with Crippen molar-refractivity contribution in [2.45, 2.75) is 33.3 Å². The fourth-order valence-corrected chi connectivity index (χ4v) is 1.55. The van der Waals surface area contributed by atoms with Gasteiger partial charge in [-0.3, -0.25) is 4.79 Å². The summed E-state index contributed by atoms with van der Waals surface area (Å²) in [5.41, 5.74) is 1.74. The van der Waals surface area contributed by atoms with Crippen LogP contribution in [0, 0.1) is 0 Å². The summed E-state index contributed by atoms with van der Waals surface area (Å²) in [5.74, 6) is 0.191. The SMILES string of the molecule is CCc1cc(OC(F)F)ccc1CC(C)=O. The summed E-state index contributed by atoms with van der Waals surface area (Å²) in [7, 11) is 0. The van der Waals surface area contributed by atoms with Crippen LogP contribution in [0.3, 0.4) is 0 Å². The Labute approximate surface area is 93.2 Å². The summed E-state index contributed by atoms with van der Waals surface area (Å²) in [6, 6.07) is 4.69. The lowest BCUT2D eigenvalue weighted by Crippen LogP contribution is -2.04. The number of aryl methyl sites for hydroxylation is 1. The van der Waals surface area contributed by atoms with E-state index in [4.69, 9.17) is 0 Å². The van der Waals surface area contributed by atoms with Gasteiger partial charge in [0.25, 0.3) is 0 Å². The van der Waals surface area contributed by atoms with E-state index >= 15 is 0 Å². The number of rotatable bonds is 5. The highest BCUT2D eigenvalue weighted by molar-refractivity contribution is 5.78. The Bertz CT molecular complexity index is 375. The predicted octanol–water partition coefficient (Wildman–Crippen LogP) is 2.98. The minimum atomic E-state index is -2.82.